The molecular weight excluding hydrogens is 244 g/mol. The number of nitrogens with two attached hydrogens (primary N) is 1. The monoisotopic (exact) mass is 264 g/mol. The first-order chi connectivity index (χ1) is 7.94. The van der Waals surface area contributed by atoms with E-state index in [9.17, 15) is 13.2 Å². The number of hydrogen-bond acceptors (Lipinski definition) is 6. The molecule has 1 aliphatic heterocycles. The minimum Gasteiger partial charge on any atom is -0.465 e. The second kappa shape index (κ2) is 6.32. The standard InChI is InChI=1S/C10H20N2O4S/c1-2-16-10(13)9(11)8-12-4-3-6-17(14,15)7-5-12/h9H,2-8,11H2,1H3. The molecule has 0 radical (unpaired) electrons. The van der Waals surface area contributed by atoms with Gasteiger partial charge in [0, 0.05) is 13.1 Å². The average Bonchev–Trinajstić information content (AvgIpc) is 2.41. The average molecular weight is 264 g/mol. The largest absolute Gasteiger partial charge is 0.465 e. The summed E-state index contributed by atoms with van der Waals surface area (Å²) in [6, 6.07) is -0.698. The first kappa shape index (κ1) is 14.4. The fraction of sp³-hybridized carbons (Fsp3) is 0.900. The van der Waals surface area contributed by atoms with Crippen LogP contribution in [0.5, 0.6) is 0 Å². The molecule has 17 heavy (non-hydrogen) atoms. The topological polar surface area (TPSA) is 89.7 Å². The molecule has 100 valence electrons. The van der Waals surface area contributed by atoms with Crippen LogP contribution in [-0.2, 0) is 19.4 Å². The molecule has 1 saturated heterocycles. The lowest BCUT2D eigenvalue weighted by atomic mass is 10.2. The van der Waals surface area contributed by atoms with Crippen LogP contribution in [0.15, 0.2) is 0 Å². The van der Waals surface area contributed by atoms with Crippen molar-refractivity contribution in [3.63, 3.8) is 0 Å². The molecule has 1 fully saturated rings. The van der Waals surface area contributed by atoms with Crippen LogP contribution in [0, 0.1) is 0 Å². The molecule has 0 aromatic heterocycles. The van der Waals surface area contributed by atoms with E-state index in [1.165, 1.54) is 0 Å². The van der Waals surface area contributed by atoms with Gasteiger partial charge in [-0.2, -0.15) is 0 Å². The van der Waals surface area contributed by atoms with Crippen LogP contribution < -0.4 is 5.73 Å². The molecule has 6 nitrogen and oxygen atoms in total. The summed E-state index contributed by atoms with van der Waals surface area (Å²) < 4.78 is 27.6. The fourth-order valence-electron chi connectivity index (χ4n) is 1.77. The van der Waals surface area contributed by atoms with Crippen molar-refractivity contribution in [1.82, 2.24) is 4.90 Å². The van der Waals surface area contributed by atoms with Gasteiger partial charge >= 0.3 is 5.97 Å². The van der Waals surface area contributed by atoms with Crippen LogP contribution in [0.4, 0.5) is 0 Å². The summed E-state index contributed by atoms with van der Waals surface area (Å²) in [7, 11) is -2.92. The second-order valence-corrected chi connectivity index (χ2v) is 6.47. The van der Waals surface area contributed by atoms with Crippen molar-refractivity contribution in [2.75, 3.05) is 37.7 Å². The maximum Gasteiger partial charge on any atom is 0.324 e. The zero-order valence-electron chi connectivity index (χ0n) is 10.1. The van der Waals surface area contributed by atoms with Gasteiger partial charge in [0.1, 0.15) is 6.04 Å². The molecule has 0 amide bonds. The van der Waals surface area contributed by atoms with Crippen LogP contribution in [-0.4, -0.2) is 63.1 Å². The Balaban J connectivity index is 2.44. The Morgan fingerprint density at radius 1 is 1.41 bits per heavy atom. The molecule has 1 heterocycles. The minimum atomic E-state index is -2.92. The van der Waals surface area contributed by atoms with Crippen LogP contribution >= 0.6 is 0 Å². The highest BCUT2D eigenvalue weighted by molar-refractivity contribution is 7.91. The van der Waals surface area contributed by atoms with Gasteiger partial charge < -0.3 is 15.4 Å². The van der Waals surface area contributed by atoms with Crippen LogP contribution in [0.1, 0.15) is 13.3 Å². The van der Waals surface area contributed by atoms with Gasteiger partial charge in [-0.1, -0.05) is 0 Å². The molecule has 0 aliphatic carbocycles. The number of ether oxygens (including phenoxy) is 1. The lowest BCUT2D eigenvalue weighted by Crippen LogP contribution is -2.44. The number of nitrogens with zero attached hydrogens (tertiary/aromatic N) is 1. The zero-order valence-corrected chi connectivity index (χ0v) is 10.9. The van der Waals surface area contributed by atoms with Gasteiger partial charge in [-0.05, 0) is 19.9 Å². The molecule has 1 unspecified atom stereocenters. The van der Waals surface area contributed by atoms with Gasteiger partial charge in [0.25, 0.3) is 0 Å². The number of hydrogen-bond donors (Lipinski definition) is 1. The van der Waals surface area contributed by atoms with Gasteiger partial charge in [-0.3, -0.25) is 4.79 Å². The van der Waals surface area contributed by atoms with Crippen LogP contribution in [0.3, 0.4) is 0 Å². The summed E-state index contributed by atoms with van der Waals surface area (Å²) in [6.45, 7) is 3.49. The summed E-state index contributed by atoms with van der Waals surface area (Å²) in [5.41, 5.74) is 5.69. The van der Waals surface area contributed by atoms with E-state index in [0.29, 0.717) is 32.7 Å². The first-order valence-electron chi connectivity index (χ1n) is 5.79. The summed E-state index contributed by atoms with van der Waals surface area (Å²) in [5, 5.41) is 0. The van der Waals surface area contributed by atoms with E-state index in [1.807, 2.05) is 4.90 Å². The molecule has 0 bridgehead atoms. The molecule has 1 aliphatic rings. The van der Waals surface area contributed by atoms with Gasteiger partial charge in [0.2, 0.25) is 0 Å². The van der Waals surface area contributed by atoms with Crippen molar-refractivity contribution in [3.05, 3.63) is 0 Å². The molecule has 0 saturated carbocycles. The third-order valence-electron chi connectivity index (χ3n) is 2.69. The number of rotatable bonds is 4. The van der Waals surface area contributed by atoms with Crippen molar-refractivity contribution in [2.45, 2.75) is 19.4 Å². The molecular formula is C10H20N2O4S. The quantitative estimate of drug-likeness (QED) is 0.655. The third-order valence-corrected chi connectivity index (χ3v) is 4.41. The molecule has 2 N–H and O–H groups in total. The summed E-state index contributed by atoms with van der Waals surface area (Å²) in [6.07, 6.45) is 0.595. The molecule has 7 heteroatoms. The maximum absolute atomic E-state index is 11.4. The lowest BCUT2D eigenvalue weighted by Gasteiger charge is -2.22. The molecule has 1 rings (SSSR count). The van der Waals surface area contributed by atoms with Crippen molar-refractivity contribution in [1.29, 1.82) is 0 Å². The summed E-state index contributed by atoms with van der Waals surface area (Å²) in [5.74, 6) is -0.0691. The maximum atomic E-state index is 11.4. The van der Waals surface area contributed by atoms with E-state index >= 15 is 0 Å². The van der Waals surface area contributed by atoms with Crippen molar-refractivity contribution in [3.8, 4) is 0 Å². The normalized spacial score (nSPS) is 22.7. The predicted molar refractivity (Wildman–Crippen MR) is 64.3 cm³/mol. The summed E-state index contributed by atoms with van der Waals surface area (Å²) >= 11 is 0. The predicted octanol–water partition coefficient (Wildman–Crippen LogP) is -1.00. The third kappa shape index (κ3) is 5.01. The van der Waals surface area contributed by atoms with E-state index in [4.69, 9.17) is 10.5 Å². The fourth-order valence-corrected chi connectivity index (χ4v) is 3.08. The van der Waals surface area contributed by atoms with Crippen molar-refractivity contribution in [2.24, 2.45) is 5.73 Å². The van der Waals surface area contributed by atoms with Gasteiger partial charge in [0.05, 0.1) is 18.1 Å². The van der Waals surface area contributed by atoms with E-state index in [0.717, 1.165) is 0 Å². The highest BCUT2D eigenvalue weighted by Crippen LogP contribution is 2.05. The Labute approximate surface area is 102 Å². The Bertz CT molecular complexity index is 355. The Kier molecular flexibility index (Phi) is 5.35. The summed E-state index contributed by atoms with van der Waals surface area (Å²) in [4.78, 5) is 13.2. The van der Waals surface area contributed by atoms with Gasteiger partial charge in [0.15, 0.2) is 9.84 Å². The van der Waals surface area contributed by atoms with E-state index in [2.05, 4.69) is 0 Å². The highest BCUT2D eigenvalue weighted by atomic mass is 32.2. The minimum absolute atomic E-state index is 0.141. The number of carbonyl (C=O) groups excluding carboxylic acids is 1. The Morgan fingerprint density at radius 3 is 2.76 bits per heavy atom. The van der Waals surface area contributed by atoms with E-state index in [-0.39, 0.29) is 11.5 Å². The molecule has 0 spiro atoms. The first-order valence-corrected chi connectivity index (χ1v) is 7.62. The lowest BCUT2D eigenvalue weighted by molar-refractivity contribution is -0.145. The molecule has 1 atom stereocenters. The zero-order chi connectivity index (χ0) is 12.9. The number of esters is 1. The molecule has 0 aromatic rings. The molecule has 0 aromatic carbocycles. The smallest absolute Gasteiger partial charge is 0.324 e. The van der Waals surface area contributed by atoms with Crippen LogP contribution in [0.2, 0.25) is 0 Å². The number of carbonyl (C=O) groups is 1. The Morgan fingerprint density at radius 2 is 2.12 bits per heavy atom. The van der Waals surface area contributed by atoms with Gasteiger partial charge in [-0.25, -0.2) is 8.42 Å². The van der Waals surface area contributed by atoms with Gasteiger partial charge in [-0.15, -0.1) is 0 Å². The van der Waals surface area contributed by atoms with Crippen molar-refractivity contribution >= 4 is 15.8 Å². The highest BCUT2D eigenvalue weighted by Gasteiger charge is 2.23. The van der Waals surface area contributed by atoms with Crippen LogP contribution in [0.25, 0.3) is 0 Å². The Hall–Kier alpha value is -0.660. The van der Waals surface area contributed by atoms with Crippen molar-refractivity contribution < 1.29 is 17.9 Å². The second-order valence-electron chi connectivity index (χ2n) is 4.16. The number of sulfone groups is 1. The van der Waals surface area contributed by atoms with E-state index in [1.54, 1.807) is 6.92 Å². The SMILES string of the molecule is CCOC(=O)C(N)CN1CCCS(=O)(=O)CC1. The van der Waals surface area contributed by atoms with E-state index < -0.39 is 21.8 Å².